The number of thioether (sulfide) groups is 1. The first-order valence-corrected chi connectivity index (χ1v) is 6.98. The number of ether oxygens (including phenoxy) is 1. The van der Waals surface area contributed by atoms with Crippen LogP contribution in [-0.2, 0) is 4.79 Å². The second kappa shape index (κ2) is 6.72. The van der Waals surface area contributed by atoms with Crippen molar-refractivity contribution in [2.45, 2.75) is 12.7 Å². The normalized spacial score (nSPS) is 19.2. The molecule has 0 spiro atoms. The summed E-state index contributed by atoms with van der Waals surface area (Å²) in [6, 6.07) is 5.84. The Kier molecular flexibility index (Phi) is 4.98. The highest BCUT2D eigenvalue weighted by molar-refractivity contribution is 7.99. The molecule has 1 aliphatic heterocycles. The van der Waals surface area contributed by atoms with Gasteiger partial charge in [0.15, 0.2) is 0 Å². The Labute approximate surface area is 113 Å². The van der Waals surface area contributed by atoms with Crippen molar-refractivity contribution in [1.82, 2.24) is 5.32 Å². The number of nitrogens with one attached hydrogen (secondary N) is 2. The molecule has 0 saturated carbocycles. The first-order chi connectivity index (χ1) is 9.16. The molecule has 2 rings (SSSR count). The van der Waals surface area contributed by atoms with Crippen LogP contribution in [0.15, 0.2) is 24.3 Å². The first-order valence-electron chi connectivity index (χ1n) is 5.82. The van der Waals surface area contributed by atoms with Crippen LogP contribution in [0.1, 0.15) is 0 Å². The predicted molar refractivity (Wildman–Crippen MR) is 70.8 cm³/mol. The quantitative estimate of drug-likeness (QED) is 0.889. The van der Waals surface area contributed by atoms with E-state index >= 15 is 0 Å². The van der Waals surface area contributed by atoms with Gasteiger partial charge < -0.3 is 15.4 Å². The highest BCUT2D eigenvalue weighted by Gasteiger charge is 2.22. The number of rotatable bonds is 4. The van der Waals surface area contributed by atoms with E-state index in [4.69, 9.17) is 0 Å². The van der Waals surface area contributed by atoms with Crippen LogP contribution in [0, 0.1) is 0 Å². The zero-order valence-corrected chi connectivity index (χ0v) is 10.9. The fourth-order valence-electron chi connectivity index (χ4n) is 1.72. The van der Waals surface area contributed by atoms with E-state index in [1.165, 1.54) is 12.1 Å². The molecule has 19 heavy (non-hydrogen) atoms. The lowest BCUT2D eigenvalue weighted by Gasteiger charge is -2.22. The number of amides is 1. The third-order valence-corrected chi connectivity index (χ3v) is 3.66. The van der Waals surface area contributed by atoms with Crippen LogP contribution < -0.4 is 15.4 Å². The van der Waals surface area contributed by atoms with Crippen LogP contribution in [0.2, 0.25) is 0 Å². The zero-order chi connectivity index (χ0) is 13.7. The van der Waals surface area contributed by atoms with Crippen LogP contribution in [0.5, 0.6) is 5.75 Å². The van der Waals surface area contributed by atoms with Gasteiger partial charge in [0, 0.05) is 18.1 Å². The third kappa shape index (κ3) is 4.07. The van der Waals surface area contributed by atoms with Crippen LogP contribution >= 0.6 is 11.8 Å². The van der Waals surface area contributed by atoms with Crippen LogP contribution in [0.25, 0.3) is 0 Å². The molecule has 104 valence electrons. The van der Waals surface area contributed by atoms with Crippen molar-refractivity contribution in [2.75, 3.05) is 23.4 Å². The minimum Gasteiger partial charge on any atom is -0.433 e. The number of alkyl halides is 2. The van der Waals surface area contributed by atoms with Gasteiger partial charge in [-0.05, 0) is 12.1 Å². The predicted octanol–water partition coefficient (Wildman–Crippen LogP) is 1.93. The van der Waals surface area contributed by atoms with Crippen molar-refractivity contribution in [3.63, 3.8) is 0 Å². The van der Waals surface area contributed by atoms with E-state index in [1.807, 2.05) is 0 Å². The summed E-state index contributed by atoms with van der Waals surface area (Å²) in [5.74, 6) is 1.37. The fourth-order valence-corrected chi connectivity index (χ4v) is 2.66. The third-order valence-electron chi connectivity index (χ3n) is 2.60. The number of para-hydroxylation sites is 2. The molecule has 4 nitrogen and oxygen atoms in total. The summed E-state index contributed by atoms with van der Waals surface area (Å²) < 4.78 is 28.8. The molecule has 1 aromatic rings. The van der Waals surface area contributed by atoms with E-state index in [9.17, 15) is 13.6 Å². The number of hydrogen-bond acceptors (Lipinski definition) is 4. The van der Waals surface area contributed by atoms with Crippen molar-refractivity contribution < 1.29 is 18.3 Å². The molecule has 7 heteroatoms. The first kappa shape index (κ1) is 14.1. The van der Waals surface area contributed by atoms with Crippen LogP contribution in [0.3, 0.4) is 0 Å². The largest absolute Gasteiger partial charge is 0.433 e. The van der Waals surface area contributed by atoms with Gasteiger partial charge >= 0.3 is 6.61 Å². The molecule has 0 bridgehead atoms. The zero-order valence-electron chi connectivity index (χ0n) is 10.1. The van der Waals surface area contributed by atoms with Crippen molar-refractivity contribution in [2.24, 2.45) is 0 Å². The maximum absolute atomic E-state index is 12.2. The monoisotopic (exact) mass is 288 g/mol. The Bertz CT molecular complexity index is 439. The average Bonchev–Trinajstić information content (AvgIpc) is 2.41. The molecule has 0 radical (unpaired) electrons. The van der Waals surface area contributed by atoms with Gasteiger partial charge in [0.25, 0.3) is 0 Å². The van der Waals surface area contributed by atoms with Gasteiger partial charge in [-0.3, -0.25) is 4.79 Å². The van der Waals surface area contributed by atoms with Crippen LogP contribution in [-0.4, -0.2) is 36.6 Å². The van der Waals surface area contributed by atoms with Crippen molar-refractivity contribution >= 4 is 23.4 Å². The summed E-state index contributed by atoms with van der Waals surface area (Å²) in [5.41, 5.74) is 0.255. The summed E-state index contributed by atoms with van der Waals surface area (Å²) >= 11 is 1.68. The minimum absolute atomic E-state index is 0.0330. The number of hydrogen-bond donors (Lipinski definition) is 2. The standard InChI is InChI=1S/C12H14F2N2O2S/c13-12(14)18-10-4-2-1-3-8(10)16-11(17)9-7-19-6-5-15-9/h1-4,9,12,15H,5-7H2,(H,16,17). The Hall–Kier alpha value is -1.34. The van der Waals surface area contributed by atoms with Gasteiger partial charge in [-0.2, -0.15) is 20.5 Å². The molecule has 1 fully saturated rings. The SMILES string of the molecule is O=C(Nc1ccccc1OC(F)F)C1CSCCN1. The molecule has 2 N–H and O–H groups in total. The van der Waals surface area contributed by atoms with E-state index < -0.39 is 6.61 Å². The van der Waals surface area contributed by atoms with Gasteiger partial charge in [0.2, 0.25) is 5.91 Å². The van der Waals surface area contributed by atoms with Gasteiger partial charge in [-0.15, -0.1) is 0 Å². The molecule has 1 saturated heterocycles. The number of benzene rings is 1. The number of carbonyl (C=O) groups is 1. The molecule has 1 amide bonds. The fraction of sp³-hybridized carbons (Fsp3) is 0.417. The summed E-state index contributed by atoms with van der Waals surface area (Å²) in [6.45, 7) is -2.15. The lowest BCUT2D eigenvalue weighted by molar-refractivity contribution is -0.117. The van der Waals surface area contributed by atoms with E-state index in [1.54, 1.807) is 23.9 Å². The molecular weight excluding hydrogens is 274 g/mol. The van der Waals surface area contributed by atoms with Crippen molar-refractivity contribution in [1.29, 1.82) is 0 Å². The van der Waals surface area contributed by atoms with Crippen molar-refractivity contribution in [3.05, 3.63) is 24.3 Å². The number of halogens is 2. The summed E-state index contributed by atoms with van der Waals surface area (Å²) in [6.07, 6.45) is 0. The maximum atomic E-state index is 12.2. The van der Waals surface area contributed by atoms with Gasteiger partial charge in [0.1, 0.15) is 5.75 Å². The second-order valence-corrected chi connectivity index (χ2v) is 5.10. The van der Waals surface area contributed by atoms with Gasteiger partial charge in [0.05, 0.1) is 11.7 Å². The molecule has 0 aromatic heterocycles. The molecule has 1 aromatic carbocycles. The van der Waals surface area contributed by atoms with E-state index in [0.29, 0.717) is 5.75 Å². The maximum Gasteiger partial charge on any atom is 0.387 e. The average molecular weight is 288 g/mol. The van der Waals surface area contributed by atoms with Crippen LogP contribution in [0.4, 0.5) is 14.5 Å². The summed E-state index contributed by atoms with van der Waals surface area (Å²) in [7, 11) is 0. The van der Waals surface area contributed by atoms with E-state index in [-0.39, 0.29) is 23.4 Å². The number of carbonyl (C=O) groups excluding carboxylic acids is 1. The molecular formula is C12H14F2N2O2S. The molecule has 0 aliphatic carbocycles. The topological polar surface area (TPSA) is 50.4 Å². The highest BCUT2D eigenvalue weighted by Crippen LogP contribution is 2.25. The summed E-state index contributed by atoms with van der Waals surface area (Å²) in [4.78, 5) is 12.0. The Balaban J connectivity index is 2.03. The Morgan fingerprint density at radius 2 is 2.26 bits per heavy atom. The lowest BCUT2D eigenvalue weighted by Crippen LogP contribution is -2.46. The van der Waals surface area contributed by atoms with Gasteiger partial charge in [-0.1, -0.05) is 12.1 Å². The number of anilines is 1. The minimum atomic E-state index is -2.92. The van der Waals surface area contributed by atoms with E-state index in [0.717, 1.165) is 12.3 Å². The smallest absolute Gasteiger partial charge is 0.387 e. The highest BCUT2D eigenvalue weighted by atomic mass is 32.2. The summed E-state index contributed by atoms with van der Waals surface area (Å²) in [5, 5.41) is 5.69. The van der Waals surface area contributed by atoms with Crippen molar-refractivity contribution in [3.8, 4) is 5.75 Å². The Morgan fingerprint density at radius 3 is 2.95 bits per heavy atom. The van der Waals surface area contributed by atoms with Gasteiger partial charge in [-0.25, -0.2) is 0 Å². The Morgan fingerprint density at radius 1 is 1.47 bits per heavy atom. The molecule has 1 aliphatic rings. The molecule has 1 unspecified atom stereocenters. The molecule has 1 heterocycles. The molecule has 1 atom stereocenters. The van der Waals surface area contributed by atoms with E-state index in [2.05, 4.69) is 15.4 Å². The second-order valence-electron chi connectivity index (χ2n) is 3.95. The lowest BCUT2D eigenvalue weighted by atomic mass is 10.2.